The third-order valence-corrected chi connectivity index (χ3v) is 1.42. The standard InChI is InChI=1S/C7H12O2/c1-2-3-6-7(9-6)4-5-8/h2-3,6-8H,4-5H2,1H3/b3-2+. The molecule has 0 aromatic rings. The van der Waals surface area contributed by atoms with E-state index in [2.05, 4.69) is 0 Å². The molecule has 1 N–H and O–H groups in total. The van der Waals surface area contributed by atoms with Gasteiger partial charge in [-0.15, -0.1) is 0 Å². The minimum atomic E-state index is 0.235. The van der Waals surface area contributed by atoms with Crippen molar-refractivity contribution in [1.82, 2.24) is 0 Å². The summed E-state index contributed by atoms with van der Waals surface area (Å²) < 4.78 is 5.15. The zero-order valence-electron chi connectivity index (χ0n) is 5.58. The predicted octanol–water partition coefficient (Wildman–Crippen LogP) is 0.712. The Labute approximate surface area is 55.1 Å². The van der Waals surface area contributed by atoms with Crippen LogP contribution in [0.4, 0.5) is 0 Å². The smallest absolute Gasteiger partial charge is 0.102 e. The van der Waals surface area contributed by atoms with Gasteiger partial charge in [-0.05, 0) is 13.3 Å². The van der Waals surface area contributed by atoms with Crippen molar-refractivity contribution in [3.63, 3.8) is 0 Å². The van der Waals surface area contributed by atoms with Crippen molar-refractivity contribution in [2.45, 2.75) is 25.6 Å². The molecule has 2 unspecified atom stereocenters. The van der Waals surface area contributed by atoms with E-state index < -0.39 is 0 Å². The van der Waals surface area contributed by atoms with Gasteiger partial charge in [0.2, 0.25) is 0 Å². The second-order valence-corrected chi connectivity index (χ2v) is 2.18. The molecule has 0 radical (unpaired) electrons. The van der Waals surface area contributed by atoms with Crippen LogP contribution >= 0.6 is 0 Å². The molecule has 9 heavy (non-hydrogen) atoms. The maximum Gasteiger partial charge on any atom is 0.102 e. The quantitative estimate of drug-likeness (QED) is 0.448. The van der Waals surface area contributed by atoms with Crippen LogP contribution in [-0.2, 0) is 4.74 Å². The summed E-state index contributed by atoms with van der Waals surface area (Å²) in [6.07, 6.45) is 5.35. The summed E-state index contributed by atoms with van der Waals surface area (Å²) >= 11 is 0. The van der Waals surface area contributed by atoms with Gasteiger partial charge in [-0.25, -0.2) is 0 Å². The van der Waals surface area contributed by atoms with Gasteiger partial charge in [-0.2, -0.15) is 0 Å². The fourth-order valence-corrected chi connectivity index (χ4v) is 0.875. The van der Waals surface area contributed by atoms with E-state index in [9.17, 15) is 0 Å². The molecular formula is C7H12O2. The molecule has 0 bridgehead atoms. The number of aliphatic hydroxyl groups is 1. The molecule has 2 atom stereocenters. The van der Waals surface area contributed by atoms with Crippen LogP contribution in [0, 0.1) is 0 Å². The van der Waals surface area contributed by atoms with Gasteiger partial charge >= 0.3 is 0 Å². The van der Waals surface area contributed by atoms with Crippen molar-refractivity contribution in [2.75, 3.05) is 6.61 Å². The van der Waals surface area contributed by atoms with Crippen molar-refractivity contribution in [3.05, 3.63) is 12.2 Å². The lowest BCUT2D eigenvalue weighted by Gasteiger charge is -1.82. The number of aliphatic hydroxyl groups excluding tert-OH is 1. The fraction of sp³-hybridized carbons (Fsp3) is 0.714. The fourth-order valence-electron chi connectivity index (χ4n) is 0.875. The molecule has 0 aromatic carbocycles. The Morgan fingerprint density at radius 2 is 2.44 bits per heavy atom. The van der Waals surface area contributed by atoms with E-state index in [0.717, 1.165) is 6.42 Å². The Kier molecular flexibility index (Phi) is 2.25. The van der Waals surface area contributed by atoms with Crippen LogP contribution in [0.2, 0.25) is 0 Å². The first-order valence-electron chi connectivity index (χ1n) is 3.27. The van der Waals surface area contributed by atoms with Crippen LogP contribution in [0.1, 0.15) is 13.3 Å². The van der Waals surface area contributed by atoms with Crippen molar-refractivity contribution in [1.29, 1.82) is 0 Å². The largest absolute Gasteiger partial charge is 0.396 e. The Morgan fingerprint density at radius 3 is 3.00 bits per heavy atom. The molecule has 0 amide bonds. The molecule has 0 spiro atoms. The van der Waals surface area contributed by atoms with E-state index in [-0.39, 0.29) is 6.61 Å². The van der Waals surface area contributed by atoms with E-state index in [1.54, 1.807) is 0 Å². The third-order valence-electron chi connectivity index (χ3n) is 1.42. The van der Waals surface area contributed by atoms with Crippen molar-refractivity contribution in [2.24, 2.45) is 0 Å². The number of epoxide rings is 1. The van der Waals surface area contributed by atoms with Gasteiger partial charge in [0.1, 0.15) is 6.10 Å². The predicted molar refractivity (Wildman–Crippen MR) is 35.2 cm³/mol. The lowest BCUT2D eigenvalue weighted by Crippen LogP contribution is -1.93. The molecule has 2 heteroatoms. The van der Waals surface area contributed by atoms with Gasteiger partial charge in [0.15, 0.2) is 0 Å². The number of hydrogen-bond acceptors (Lipinski definition) is 2. The van der Waals surface area contributed by atoms with E-state index in [4.69, 9.17) is 9.84 Å². The second kappa shape index (κ2) is 2.99. The summed E-state index contributed by atoms with van der Waals surface area (Å²) in [6.45, 7) is 2.20. The first kappa shape index (κ1) is 6.78. The van der Waals surface area contributed by atoms with Crippen LogP contribution in [0.15, 0.2) is 12.2 Å². The van der Waals surface area contributed by atoms with Crippen LogP contribution in [-0.4, -0.2) is 23.9 Å². The number of rotatable bonds is 3. The number of hydrogen-bond donors (Lipinski definition) is 1. The molecule has 0 aliphatic carbocycles. The molecule has 1 aliphatic heterocycles. The van der Waals surface area contributed by atoms with Crippen LogP contribution < -0.4 is 0 Å². The van der Waals surface area contributed by atoms with E-state index in [0.29, 0.717) is 12.2 Å². The summed E-state index contributed by atoms with van der Waals surface area (Å²) in [5.41, 5.74) is 0. The number of ether oxygens (including phenoxy) is 1. The molecular weight excluding hydrogens is 116 g/mol. The molecule has 1 rings (SSSR count). The first-order valence-corrected chi connectivity index (χ1v) is 3.27. The highest BCUT2D eigenvalue weighted by Gasteiger charge is 2.34. The molecule has 1 aliphatic rings. The molecule has 0 saturated carbocycles. The molecule has 52 valence electrons. The van der Waals surface area contributed by atoms with Gasteiger partial charge < -0.3 is 9.84 Å². The Morgan fingerprint density at radius 1 is 1.67 bits per heavy atom. The van der Waals surface area contributed by atoms with Gasteiger partial charge in [0.05, 0.1) is 6.10 Å². The molecule has 0 aromatic heterocycles. The highest BCUT2D eigenvalue weighted by atomic mass is 16.6. The van der Waals surface area contributed by atoms with Crippen LogP contribution in [0.3, 0.4) is 0 Å². The second-order valence-electron chi connectivity index (χ2n) is 2.18. The van der Waals surface area contributed by atoms with E-state index in [1.807, 2.05) is 19.1 Å². The van der Waals surface area contributed by atoms with Gasteiger partial charge in [0.25, 0.3) is 0 Å². The zero-order chi connectivity index (χ0) is 6.69. The normalized spacial score (nSPS) is 33.6. The van der Waals surface area contributed by atoms with Gasteiger partial charge in [0, 0.05) is 6.61 Å². The van der Waals surface area contributed by atoms with Gasteiger partial charge in [-0.1, -0.05) is 12.2 Å². The maximum absolute atomic E-state index is 8.46. The number of allylic oxidation sites excluding steroid dienone is 1. The van der Waals surface area contributed by atoms with Gasteiger partial charge in [-0.3, -0.25) is 0 Å². The summed E-state index contributed by atoms with van der Waals surface area (Å²) in [6, 6.07) is 0. The minimum Gasteiger partial charge on any atom is -0.396 e. The SMILES string of the molecule is C/C=C/C1OC1CCO. The third kappa shape index (κ3) is 1.80. The molecule has 1 saturated heterocycles. The molecule has 1 heterocycles. The lowest BCUT2D eigenvalue weighted by molar-refractivity contribution is 0.263. The Bertz CT molecular complexity index is 109. The van der Waals surface area contributed by atoms with Crippen molar-refractivity contribution < 1.29 is 9.84 Å². The Hall–Kier alpha value is -0.340. The monoisotopic (exact) mass is 128 g/mol. The van der Waals surface area contributed by atoms with Crippen LogP contribution in [0.25, 0.3) is 0 Å². The van der Waals surface area contributed by atoms with Crippen LogP contribution in [0.5, 0.6) is 0 Å². The maximum atomic E-state index is 8.46. The average Bonchev–Trinajstić information content (AvgIpc) is 2.50. The summed E-state index contributed by atoms with van der Waals surface area (Å²) in [4.78, 5) is 0. The minimum absolute atomic E-state index is 0.235. The van der Waals surface area contributed by atoms with E-state index in [1.165, 1.54) is 0 Å². The summed E-state index contributed by atoms with van der Waals surface area (Å²) in [7, 11) is 0. The summed E-state index contributed by atoms with van der Waals surface area (Å²) in [5.74, 6) is 0. The van der Waals surface area contributed by atoms with Crippen molar-refractivity contribution in [3.8, 4) is 0 Å². The lowest BCUT2D eigenvalue weighted by atomic mass is 10.2. The molecule has 1 fully saturated rings. The zero-order valence-corrected chi connectivity index (χ0v) is 5.58. The van der Waals surface area contributed by atoms with E-state index >= 15 is 0 Å². The Balaban J connectivity index is 2.09. The summed E-state index contributed by atoms with van der Waals surface area (Å²) in [5, 5.41) is 8.46. The highest BCUT2D eigenvalue weighted by Crippen LogP contribution is 2.25. The first-order chi connectivity index (χ1) is 4.38. The molecule has 2 nitrogen and oxygen atoms in total. The topological polar surface area (TPSA) is 32.8 Å². The average molecular weight is 128 g/mol. The van der Waals surface area contributed by atoms with Crippen molar-refractivity contribution >= 4 is 0 Å². The highest BCUT2D eigenvalue weighted by molar-refractivity contribution is 5.00.